The van der Waals surface area contributed by atoms with E-state index >= 15 is 0 Å². The number of nitrogens with zero attached hydrogens (tertiary/aromatic N) is 4. The van der Waals surface area contributed by atoms with E-state index in [0.717, 1.165) is 37.4 Å². The largest absolute Gasteiger partial charge is 0.369 e. The number of amides is 2. The van der Waals surface area contributed by atoms with Gasteiger partial charge in [-0.2, -0.15) is 5.10 Å². The Labute approximate surface area is 182 Å². The van der Waals surface area contributed by atoms with Crippen LogP contribution in [0.25, 0.3) is 0 Å². The number of rotatable bonds is 5. The van der Waals surface area contributed by atoms with Crippen LogP contribution in [0.3, 0.4) is 0 Å². The second-order valence-corrected chi connectivity index (χ2v) is 8.09. The summed E-state index contributed by atoms with van der Waals surface area (Å²) >= 11 is 0. The molecule has 0 spiro atoms. The fourth-order valence-electron chi connectivity index (χ4n) is 4.03. The number of carbonyl (C=O) groups is 2. The SMILES string of the molecule is Cc1cc(NC(=O)C2=NN(c3ccccc3)C(C(N)=O)C2)ccc1N1CCN(C)CC1. The van der Waals surface area contributed by atoms with Crippen LogP contribution in [0.15, 0.2) is 53.6 Å². The summed E-state index contributed by atoms with van der Waals surface area (Å²) in [5.41, 5.74) is 9.57. The van der Waals surface area contributed by atoms with Crippen molar-refractivity contribution in [1.29, 1.82) is 0 Å². The molecule has 8 heteroatoms. The number of aryl methyl sites for hydroxylation is 1. The van der Waals surface area contributed by atoms with E-state index in [1.165, 1.54) is 10.7 Å². The summed E-state index contributed by atoms with van der Waals surface area (Å²) in [6.45, 7) is 6.11. The lowest BCUT2D eigenvalue weighted by Crippen LogP contribution is -2.44. The minimum absolute atomic E-state index is 0.175. The van der Waals surface area contributed by atoms with Crippen molar-refractivity contribution >= 4 is 34.6 Å². The second-order valence-electron chi connectivity index (χ2n) is 8.09. The standard InChI is InChI=1S/C23H28N6O2/c1-16-14-17(8-9-20(16)28-12-10-27(2)11-13-28)25-23(31)19-15-21(22(24)30)29(26-19)18-6-4-3-5-7-18/h3-9,14,21H,10-13,15H2,1-2H3,(H2,24,30)(H,25,31). The second kappa shape index (κ2) is 8.77. The molecule has 0 bridgehead atoms. The van der Waals surface area contributed by atoms with Gasteiger partial charge in [0.2, 0.25) is 5.91 Å². The first-order valence-electron chi connectivity index (χ1n) is 10.5. The summed E-state index contributed by atoms with van der Waals surface area (Å²) in [5.74, 6) is -0.834. The first kappa shape index (κ1) is 20.9. The fraction of sp³-hybridized carbons (Fsp3) is 0.348. The Hall–Kier alpha value is -3.39. The highest BCUT2D eigenvalue weighted by molar-refractivity contribution is 6.44. The molecule has 1 saturated heterocycles. The first-order chi connectivity index (χ1) is 14.9. The molecule has 2 heterocycles. The van der Waals surface area contributed by atoms with Crippen LogP contribution in [-0.2, 0) is 9.59 Å². The van der Waals surface area contributed by atoms with Crippen molar-refractivity contribution in [3.63, 3.8) is 0 Å². The quantitative estimate of drug-likeness (QED) is 0.769. The number of benzene rings is 2. The topological polar surface area (TPSA) is 94.3 Å². The Balaban J connectivity index is 1.48. The van der Waals surface area contributed by atoms with E-state index in [9.17, 15) is 9.59 Å². The predicted octanol–water partition coefficient (Wildman–Crippen LogP) is 1.81. The lowest BCUT2D eigenvalue weighted by Gasteiger charge is -2.35. The van der Waals surface area contributed by atoms with Crippen LogP contribution >= 0.6 is 0 Å². The Bertz CT molecular complexity index is 998. The van der Waals surface area contributed by atoms with Crippen LogP contribution in [0.4, 0.5) is 17.1 Å². The van der Waals surface area contributed by atoms with Gasteiger partial charge in [-0.15, -0.1) is 0 Å². The molecule has 1 unspecified atom stereocenters. The van der Waals surface area contributed by atoms with Crippen molar-refractivity contribution in [2.45, 2.75) is 19.4 Å². The van der Waals surface area contributed by atoms with E-state index in [2.05, 4.69) is 40.3 Å². The van der Waals surface area contributed by atoms with Gasteiger partial charge in [0, 0.05) is 44.0 Å². The molecule has 2 amide bonds. The fourth-order valence-corrected chi connectivity index (χ4v) is 4.03. The summed E-state index contributed by atoms with van der Waals surface area (Å²) in [6, 6.07) is 14.5. The maximum absolute atomic E-state index is 12.9. The third kappa shape index (κ3) is 4.54. The Morgan fingerprint density at radius 3 is 2.42 bits per heavy atom. The lowest BCUT2D eigenvalue weighted by molar-refractivity contribution is -0.119. The highest BCUT2D eigenvalue weighted by Crippen LogP contribution is 2.27. The number of nitrogens with one attached hydrogen (secondary N) is 1. The van der Waals surface area contributed by atoms with Crippen molar-refractivity contribution in [1.82, 2.24) is 4.90 Å². The smallest absolute Gasteiger partial charge is 0.271 e. The van der Waals surface area contributed by atoms with E-state index in [1.54, 1.807) is 0 Å². The monoisotopic (exact) mass is 420 g/mol. The number of hydrogen-bond acceptors (Lipinski definition) is 6. The molecule has 4 rings (SSSR count). The number of primary amides is 1. The molecule has 3 N–H and O–H groups in total. The van der Waals surface area contributed by atoms with E-state index in [-0.39, 0.29) is 18.0 Å². The molecule has 2 aliphatic heterocycles. The number of piperazine rings is 1. The van der Waals surface area contributed by atoms with Crippen LogP contribution in [0.5, 0.6) is 0 Å². The van der Waals surface area contributed by atoms with E-state index in [4.69, 9.17) is 5.73 Å². The highest BCUT2D eigenvalue weighted by atomic mass is 16.2. The van der Waals surface area contributed by atoms with Crippen molar-refractivity contribution in [2.24, 2.45) is 10.8 Å². The van der Waals surface area contributed by atoms with Gasteiger partial charge < -0.3 is 20.9 Å². The van der Waals surface area contributed by atoms with Gasteiger partial charge in [-0.25, -0.2) is 0 Å². The van der Waals surface area contributed by atoms with Crippen LogP contribution in [0, 0.1) is 6.92 Å². The summed E-state index contributed by atoms with van der Waals surface area (Å²) in [6.07, 6.45) is 0.175. The van der Waals surface area contributed by atoms with Gasteiger partial charge in [0.05, 0.1) is 5.69 Å². The number of hydrazone groups is 1. The molecule has 0 aliphatic carbocycles. The molecule has 2 aromatic rings. The van der Waals surface area contributed by atoms with E-state index in [0.29, 0.717) is 5.69 Å². The molecule has 0 aromatic heterocycles. The number of anilines is 3. The minimum Gasteiger partial charge on any atom is -0.369 e. The van der Waals surface area contributed by atoms with Crippen molar-refractivity contribution in [2.75, 3.05) is 48.5 Å². The molecule has 1 fully saturated rings. The van der Waals surface area contributed by atoms with Gasteiger partial charge in [-0.1, -0.05) is 18.2 Å². The molecular formula is C23H28N6O2. The highest BCUT2D eigenvalue weighted by Gasteiger charge is 2.35. The van der Waals surface area contributed by atoms with Crippen molar-refractivity contribution in [3.8, 4) is 0 Å². The summed E-state index contributed by atoms with van der Waals surface area (Å²) in [5, 5.41) is 8.85. The van der Waals surface area contributed by atoms with Crippen molar-refractivity contribution < 1.29 is 9.59 Å². The molecule has 162 valence electrons. The average molecular weight is 421 g/mol. The lowest BCUT2D eigenvalue weighted by atomic mass is 10.1. The van der Waals surface area contributed by atoms with Gasteiger partial charge in [0.25, 0.3) is 5.91 Å². The predicted molar refractivity (Wildman–Crippen MR) is 123 cm³/mol. The number of carbonyl (C=O) groups excluding carboxylic acids is 2. The zero-order chi connectivity index (χ0) is 22.0. The maximum Gasteiger partial charge on any atom is 0.271 e. The molecule has 0 saturated carbocycles. The molecule has 8 nitrogen and oxygen atoms in total. The average Bonchev–Trinajstić information content (AvgIpc) is 3.22. The Morgan fingerprint density at radius 1 is 1.06 bits per heavy atom. The van der Waals surface area contributed by atoms with Crippen LogP contribution in [0.2, 0.25) is 0 Å². The third-order valence-electron chi connectivity index (χ3n) is 5.82. The summed E-state index contributed by atoms with van der Waals surface area (Å²) in [4.78, 5) is 29.5. The van der Waals surface area contributed by atoms with Gasteiger partial charge in [0.15, 0.2) is 0 Å². The van der Waals surface area contributed by atoms with Crippen LogP contribution in [0.1, 0.15) is 12.0 Å². The van der Waals surface area contributed by atoms with Gasteiger partial charge in [0.1, 0.15) is 11.8 Å². The summed E-state index contributed by atoms with van der Waals surface area (Å²) < 4.78 is 0. The zero-order valence-electron chi connectivity index (χ0n) is 17.9. The molecule has 31 heavy (non-hydrogen) atoms. The number of para-hydroxylation sites is 1. The Kier molecular flexibility index (Phi) is 5.90. The number of hydrogen-bond donors (Lipinski definition) is 2. The van der Waals surface area contributed by atoms with Crippen LogP contribution < -0.4 is 21.0 Å². The van der Waals surface area contributed by atoms with Crippen LogP contribution in [-0.4, -0.2) is 61.7 Å². The normalized spacial score (nSPS) is 19.3. The molecule has 1 atom stereocenters. The van der Waals surface area contributed by atoms with Crippen molar-refractivity contribution in [3.05, 3.63) is 54.1 Å². The van der Waals surface area contributed by atoms with Gasteiger partial charge in [-0.3, -0.25) is 14.6 Å². The third-order valence-corrected chi connectivity index (χ3v) is 5.82. The molecule has 0 radical (unpaired) electrons. The number of nitrogens with two attached hydrogens (primary N) is 1. The van der Waals surface area contributed by atoms with Gasteiger partial charge >= 0.3 is 0 Å². The maximum atomic E-state index is 12.9. The molecule has 2 aromatic carbocycles. The molecular weight excluding hydrogens is 392 g/mol. The zero-order valence-corrected chi connectivity index (χ0v) is 17.9. The summed E-state index contributed by atoms with van der Waals surface area (Å²) in [7, 11) is 2.14. The molecule has 2 aliphatic rings. The first-order valence-corrected chi connectivity index (χ1v) is 10.5. The Morgan fingerprint density at radius 2 is 1.77 bits per heavy atom. The van der Waals surface area contributed by atoms with Gasteiger partial charge in [-0.05, 0) is 49.9 Å². The number of likely N-dealkylation sites (N-methyl/N-ethyl adjacent to an activating group) is 1. The van der Waals surface area contributed by atoms with E-state index in [1.807, 2.05) is 42.5 Å². The minimum atomic E-state index is -0.676. The van der Waals surface area contributed by atoms with E-state index < -0.39 is 11.9 Å².